The smallest absolute Gasteiger partial charge is 0.257 e. The summed E-state index contributed by atoms with van der Waals surface area (Å²) >= 11 is 0. The fourth-order valence-electron chi connectivity index (χ4n) is 3.96. The number of benzene rings is 1. The van der Waals surface area contributed by atoms with Crippen LogP contribution < -0.4 is 20.1 Å². The first kappa shape index (κ1) is 17.1. The molecule has 2 saturated heterocycles. The molecule has 7 nitrogen and oxygen atoms in total. The van der Waals surface area contributed by atoms with Crippen molar-refractivity contribution in [3.05, 3.63) is 23.8 Å². The van der Waals surface area contributed by atoms with E-state index in [2.05, 4.69) is 10.6 Å². The monoisotopic (exact) mass is 359 g/mol. The second-order valence-electron chi connectivity index (χ2n) is 7.19. The normalized spacial score (nSPS) is 24.5. The molecule has 2 atom stereocenters. The quantitative estimate of drug-likeness (QED) is 0.843. The summed E-state index contributed by atoms with van der Waals surface area (Å²) in [5, 5.41) is 6.27. The van der Waals surface area contributed by atoms with Gasteiger partial charge in [-0.1, -0.05) is 6.07 Å². The molecule has 0 aliphatic carbocycles. The molecule has 4 rings (SSSR count). The van der Waals surface area contributed by atoms with Crippen molar-refractivity contribution in [2.24, 2.45) is 5.92 Å². The van der Waals surface area contributed by atoms with E-state index in [0.717, 1.165) is 38.8 Å². The summed E-state index contributed by atoms with van der Waals surface area (Å²) in [6.07, 6.45) is 3.92. The van der Waals surface area contributed by atoms with Crippen molar-refractivity contribution < 1.29 is 19.1 Å². The highest BCUT2D eigenvalue weighted by molar-refractivity contribution is 5.98. The molecular formula is C19H25N3O4. The Bertz CT molecular complexity index is 687. The van der Waals surface area contributed by atoms with Crippen molar-refractivity contribution in [2.45, 2.75) is 31.7 Å². The molecule has 0 aromatic heterocycles. The van der Waals surface area contributed by atoms with Crippen LogP contribution in [-0.4, -0.2) is 55.7 Å². The second kappa shape index (κ2) is 7.53. The third-order valence-corrected chi connectivity index (χ3v) is 5.37. The Labute approximate surface area is 153 Å². The number of hydrogen-bond acceptors (Lipinski definition) is 5. The second-order valence-corrected chi connectivity index (χ2v) is 7.19. The molecule has 3 aliphatic rings. The third-order valence-electron chi connectivity index (χ3n) is 5.37. The first-order valence-electron chi connectivity index (χ1n) is 9.41. The Morgan fingerprint density at radius 2 is 2.15 bits per heavy atom. The topological polar surface area (TPSA) is 79.9 Å². The lowest BCUT2D eigenvalue weighted by molar-refractivity contribution is -0.123. The molecule has 2 N–H and O–H groups in total. The summed E-state index contributed by atoms with van der Waals surface area (Å²) in [6.45, 7) is 3.08. The Balaban J connectivity index is 1.35. The summed E-state index contributed by atoms with van der Waals surface area (Å²) in [4.78, 5) is 27.0. The lowest BCUT2D eigenvalue weighted by atomic mass is 9.97. The molecule has 0 spiro atoms. The van der Waals surface area contributed by atoms with Crippen LogP contribution >= 0.6 is 0 Å². The number of carbonyl (C=O) groups is 2. The number of piperidine rings is 1. The average molecular weight is 359 g/mol. The lowest BCUT2D eigenvalue weighted by Crippen LogP contribution is -2.46. The van der Waals surface area contributed by atoms with Gasteiger partial charge in [-0.25, -0.2) is 0 Å². The van der Waals surface area contributed by atoms with Crippen LogP contribution in [0.3, 0.4) is 0 Å². The predicted octanol–water partition coefficient (Wildman–Crippen LogP) is 1.14. The van der Waals surface area contributed by atoms with Crippen molar-refractivity contribution in [1.82, 2.24) is 15.5 Å². The fourth-order valence-corrected chi connectivity index (χ4v) is 3.96. The van der Waals surface area contributed by atoms with Gasteiger partial charge in [0, 0.05) is 19.6 Å². The van der Waals surface area contributed by atoms with Crippen LogP contribution in [0.2, 0.25) is 0 Å². The van der Waals surface area contributed by atoms with Crippen molar-refractivity contribution in [1.29, 1.82) is 0 Å². The van der Waals surface area contributed by atoms with Gasteiger partial charge in [0.25, 0.3) is 5.91 Å². The molecule has 1 aromatic carbocycles. The van der Waals surface area contributed by atoms with Crippen LogP contribution in [-0.2, 0) is 4.79 Å². The molecule has 140 valence electrons. The largest absolute Gasteiger partial charge is 0.454 e. The third kappa shape index (κ3) is 3.49. The fraction of sp³-hybridized carbons (Fsp3) is 0.579. The van der Waals surface area contributed by atoms with Crippen LogP contribution in [0.4, 0.5) is 0 Å². The summed E-state index contributed by atoms with van der Waals surface area (Å²) in [5.74, 6) is 1.51. The van der Waals surface area contributed by atoms with E-state index in [-0.39, 0.29) is 30.6 Å². The first-order valence-corrected chi connectivity index (χ1v) is 9.41. The van der Waals surface area contributed by atoms with Crippen LogP contribution in [0.15, 0.2) is 18.2 Å². The highest BCUT2D eigenvalue weighted by Gasteiger charge is 2.30. The van der Waals surface area contributed by atoms with Gasteiger partial charge in [-0.2, -0.15) is 0 Å². The molecule has 0 saturated carbocycles. The molecule has 3 heterocycles. The van der Waals surface area contributed by atoms with Crippen LogP contribution in [0.25, 0.3) is 0 Å². The van der Waals surface area contributed by atoms with E-state index in [0.29, 0.717) is 30.2 Å². The van der Waals surface area contributed by atoms with Gasteiger partial charge in [0.15, 0.2) is 11.5 Å². The van der Waals surface area contributed by atoms with E-state index in [1.54, 1.807) is 6.07 Å². The van der Waals surface area contributed by atoms with E-state index >= 15 is 0 Å². The van der Waals surface area contributed by atoms with Crippen molar-refractivity contribution >= 4 is 11.8 Å². The zero-order valence-electron chi connectivity index (χ0n) is 14.8. The highest BCUT2D eigenvalue weighted by atomic mass is 16.7. The summed E-state index contributed by atoms with van der Waals surface area (Å²) in [5.41, 5.74) is 0.555. The number of nitrogens with one attached hydrogen (secondary N) is 2. The zero-order valence-corrected chi connectivity index (χ0v) is 14.8. The molecule has 2 fully saturated rings. The molecule has 0 bridgehead atoms. The van der Waals surface area contributed by atoms with Crippen LogP contribution in [0.1, 0.15) is 36.0 Å². The standard InChI is InChI=1S/C19H25N3O4/c23-18(15-6-2-8-20-15)21-10-13-4-3-9-22(11-13)19(24)14-5-1-7-16-17(14)26-12-25-16/h1,5,7,13,15,20H,2-4,6,8-12H2,(H,21,23). The Kier molecular flexibility index (Phi) is 4.97. The van der Waals surface area contributed by atoms with Gasteiger partial charge in [0.05, 0.1) is 11.6 Å². The first-order chi connectivity index (χ1) is 12.7. The van der Waals surface area contributed by atoms with Gasteiger partial charge in [-0.05, 0) is 50.3 Å². The lowest BCUT2D eigenvalue weighted by Gasteiger charge is -2.33. The molecule has 3 aliphatic heterocycles. The molecular weight excluding hydrogens is 334 g/mol. The minimum absolute atomic E-state index is 0.0270. The van der Waals surface area contributed by atoms with Crippen molar-refractivity contribution in [3.8, 4) is 11.5 Å². The van der Waals surface area contributed by atoms with E-state index in [9.17, 15) is 9.59 Å². The number of fused-ring (bicyclic) bond motifs is 1. The molecule has 26 heavy (non-hydrogen) atoms. The summed E-state index contributed by atoms with van der Waals surface area (Å²) < 4.78 is 10.8. The van der Waals surface area contributed by atoms with Gasteiger partial charge >= 0.3 is 0 Å². The maximum atomic E-state index is 12.9. The molecule has 2 amide bonds. The Morgan fingerprint density at radius 3 is 3.00 bits per heavy atom. The predicted molar refractivity (Wildman–Crippen MR) is 95.2 cm³/mol. The van der Waals surface area contributed by atoms with Gasteiger partial charge in [0.1, 0.15) is 0 Å². The SMILES string of the molecule is O=C(NCC1CCCN(C(=O)c2cccc3c2OCO3)C1)C1CCCN1. The molecule has 1 aromatic rings. The van der Waals surface area contributed by atoms with Gasteiger partial charge < -0.3 is 25.0 Å². The zero-order chi connectivity index (χ0) is 17.9. The van der Waals surface area contributed by atoms with E-state index in [1.165, 1.54) is 0 Å². The number of hydrogen-bond donors (Lipinski definition) is 2. The number of para-hydroxylation sites is 1. The minimum atomic E-state index is -0.0552. The molecule has 7 heteroatoms. The Hall–Kier alpha value is -2.28. The highest BCUT2D eigenvalue weighted by Crippen LogP contribution is 2.36. The Morgan fingerprint density at radius 1 is 1.23 bits per heavy atom. The summed E-state index contributed by atoms with van der Waals surface area (Å²) in [7, 11) is 0. The number of carbonyl (C=O) groups excluding carboxylic acids is 2. The number of likely N-dealkylation sites (tertiary alicyclic amines) is 1. The van der Waals surface area contributed by atoms with Gasteiger partial charge in [-0.3, -0.25) is 9.59 Å². The van der Waals surface area contributed by atoms with Crippen LogP contribution in [0, 0.1) is 5.92 Å². The molecule has 0 radical (unpaired) electrons. The number of amides is 2. The van der Waals surface area contributed by atoms with E-state index in [1.807, 2.05) is 17.0 Å². The maximum absolute atomic E-state index is 12.9. The molecule has 2 unspecified atom stereocenters. The van der Waals surface area contributed by atoms with Crippen molar-refractivity contribution in [2.75, 3.05) is 33.0 Å². The average Bonchev–Trinajstić information content (AvgIpc) is 3.37. The summed E-state index contributed by atoms with van der Waals surface area (Å²) in [6, 6.07) is 5.36. The van der Waals surface area contributed by atoms with E-state index < -0.39 is 0 Å². The van der Waals surface area contributed by atoms with Crippen molar-refractivity contribution in [3.63, 3.8) is 0 Å². The van der Waals surface area contributed by atoms with Gasteiger partial charge in [-0.15, -0.1) is 0 Å². The number of ether oxygens (including phenoxy) is 2. The minimum Gasteiger partial charge on any atom is -0.454 e. The maximum Gasteiger partial charge on any atom is 0.257 e. The van der Waals surface area contributed by atoms with E-state index in [4.69, 9.17) is 9.47 Å². The van der Waals surface area contributed by atoms with Gasteiger partial charge in [0.2, 0.25) is 12.7 Å². The number of nitrogens with zero attached hydrogens (tertiary/aromatic N) is 1. The van der Waals surface area contributed by atoms with Crippen LogP contribution in [0.5, 0.6) is 11.5 Å². The number of rotatable bonds is 4.